The Kier molecular flexibility index (Phi) is 3.45. The fourth-order valence-corrected chi connectivity index (χ4v) is 3.40. The number of benzene rings is 2. The van der Waals surface area contributed by atoms with Crippen molar-refractivity contribution in [3.8, 4) is 0 Å². The molecule has 1 aliphatic heterocycles. The quantitative estimate of drug-likeness (QED) is 0.665. The first kappa shape index (κ1) is 14.7. The van der Waals surface area contributed by atoms with Gasteiger partial charge in [0.15, 0.2) is 0 Å². The summed E-state index contributed by atoms with van der Waals surface area (Å²) in [5.41, 5.74) is 2.54. The van der Waals surface area contributed by atoms with Gasteiger partial charge in [-0.2, -0.15) is 0 Å². The molecule has 4 rings (SSSR count). The Balaban J connectivity index is 1.78. The van der Waals surface area contributed by atoms with E-state index in [4.69, 9.17) is 0 Å². The third-order valence-corrected chi connectivity index (χ3v) is 4.53. The molecule has 1 aromatic heterocycles. The SMILES string of the molecule is C=C[C@@H]1CN(Cc2ccccc2)C(=O)c2cc3cc(F)ccc3n21. The van der Waals surface area contributed by atoms with Gasteiger partial charge >= 0.3 is 0 Å². The molecule has 120 valence electrons. The summed E-state index contributed by atoms with van der Waals surface area (Å²) < 4.78 is 15.5. The second-order valence-corrected chi connectivity index (χ2v) is 6.08. The van der Waals surface area contributed by atoms with Crippen LogP contribution in [0.15, 0.2) is 67.3 Å². The first-order chi connectivity index (χ1) is 11.7. The number of halogens is 1. The molecule has 2 heterocycles. The lowest BCUT2D eigenvalue weighted by Gasteiger charge is -2.33. The van der Waals surface area contributed by atoms with Crippen LogP contribution < -0.4 is 0 Å². The van der Waals surface area contributed by atoms with Crippen molar-refractivity contribution in [2.24, 2.45) is 0 Å². The zero-order valence-corrected chi connectivity index (χ0v) is 13.2. The standard InChI is InChI=1S/C20H17FN2O/c1-2-17-13-22(12-14-6-4-3-5-7-14)20(24)19-11-15-10-16(21)8-9-18(15)23(17)19/h2-11,17H,1,12-13H2/t17-/m1/s1. The molecule has 0 spiro atoms. The molecule has 0 fully saturated rings. The molecule has 0 bridgehead atoms. The summed E-state index contributed by atoms with van der Waals surface area (Å²) in [5, 5.41) is 0.742. The van der Waals surface area contributed by atoms with Crippen molar-refractivity contribution in [2.75, 3.05) is 6.54 Å². The first-order valence-electron chi connectivity index (χ1n) is 7.93. The van der Waals surface area contributed by atoms with Gasteiger partial charge in [0.1, 0.15) is 11.5 Å². The van der Waals surface area contributed by atoms with Crippen molar-refractivity contribution < 1.29 is 9.18 Å². The highest BCUT2D eigenvalue weighted by molar-refractivity contribution is 5.99. The number of nitrogens with zero attached hydrogens (tertiary/aromatic N) is 2. The lowest BCUT2D eigenvalue weighted by molar-refractivity contribution is 0.0676. The van der Waals surface area contributed by atoms with E-state index in [1.54, 1.807) is 12.1 Å². The van der Waals surface area contributed by atoms with E-state index < -0.39 is 0 Å². The van der Waals surface area contributed by atoms with Gasteiger partial charge in [0, 0.05) is 24.0 Å². The normalized spacial score (nSPS) is 17.1. The van der Waals surface area contributed by atoms with E-state index >= 15 is 0 Å². The van der Waals surface area contributed by atoms with Crippen LogP contribution in [0.25, 0.3) is 10.9 Å². The zero-order valence-electron chi connectivity index (χ0n) is 13.2. The van der Waals surface area contributed by atoms with Gasteiger partial charge in [-0.15, -0.1) is 6.58 Å². The smallest absolute Gasteiger partial charge is 0.270 e. The molecule has 1 aliphatic rings. The van der Waals surface area contributed by atoms with Gasteiger partial charge in [0.05, 0.1) is 6.04 Å². The van der Waals surface area contributed by atoms with Crippen LogP contribution in [0, 0.1) is 5.82 Å². The molecule has 4 heteroatoms. The number of carbonyl (C=O) groups excluding carboxylic acids is 1. The summed E-state index contributed by atoms with van der Waals surface area (Å²) in [4.78, 5) is 14.7. The maximum absolute atomic E-state index is 13.5. The van der Waals surface area contributed by atoms with Gasteiger partial charge in [0.25, 0.3) is 5.91 Å². The van der Waals surface area contributed by atoms with Gasteiger partial charge in [-0.1, -0.05) is 36.4 Å². The molecule has 1 atom stereocenters. The maximum Gasteiger partial charge on any atom is 0.270 e. The van der Waals surface area contributed by atoms with Crippen LogP contribution in [0.3, 0.4) is 0 Å². The van der Waals surface area contributed by atoms with Crippen molar-refractivity contribution in [1.29, 1.82) is 0 Å². The van der Waals surface area contributed by atoms with Crippen LogP contribution in [-0.4, -0.2) is 21.9 Å². The Morgan fingerprint density at radius 1 is 1.17 bits per heavy atom. The first-order valence-corrected chi connectivity index (χ1v) is 7.93. The minimum absolute atomic E-state index is 0.0237. The Morgan fingerprint density at radius 2 is 1.96 bits per heavy atom. The molecule has 0 N–H and O–H groups in total. The summed E-state index contributed by atoms with van der Waals surface area (Å²) in [6, 6.07) is 16.3. The number of rotatable bonds is 3. The average molecular weight is 320 g/mol. The molecular formula is C20H17FN2O. The topological polar surface area (TPSA) is 25.2 Å². The van der Waals surface area contributed by atoms with Crippen LogP contribution in [0.2, 0.25) is 0 Å². The number of amides is 1. The highest BCUT2D eigenvalue weighted by Crippen LogP contribution is 2.31. The number of hydrogen-bond donors (Lipinski definition) is 0. The van der Waals surface area contributed by atoms with Crippen molar-refractivity contribution in [3.05, 3.63) is 84.3 Å². The predicted octanol–water partition coefficient (Wildman–Crippen LogP) is 4.16. The van der Waals surface area contributed by atoms with Gasteiger partial charge in [-0.05, 0) is 29.8 Å². The molecular weight excluding hydrogens is 303 g/mol. The fourth-order valence-electron chi connectivity index (χ4n) is 3.40. The Bertz CT molecular complexity index is 929. The van der Waals surface area contributed by atoms with E-state index in [0.717, 1.165) is 16.5 Å². The Labute approximate surface area is 139 Å². The van der Waals surface area contributed by atoms with E-state index in [-0.39, 0.29) is 17.8 Å². The van der Waals surface area contributed by atoms with Crippen molar-refractivity contribution in [1.82, 2.24) is 9.47 Å². The predicted molar refractivity (Wildman–Crippen MR) is 92.3 cm³/mol. The number of aromatic nitrogens is 1. The van der Waals surface area contributed by atoms with Crippen molar-refractivity contribution >= 4 is 16.8 Å². The second kappa shape index (κ2) is 5.64. The van der Waals surface area contributed by atoms with E-state index in [1.165, 1.54) is 12.1 Å². The summed E-state index contributed by atoms with van der Waals surface area (Å²) in [5.74, 6) is -0.331. The molecule has 0 saturated heterocycles. The summed E-state index contributed by atoms with van der Waals surface area (Å²) >= 11 is 0. The molecule has 2 aromatic carbocycles. The highest BCUT2D eigenvalue weighted by atomic mass is 19.1. The lowest BCUT2D eigenvalue weighted by atomic mass is 10.1. The third-order valence-electron chi connectivity index (χ3n) is 4.53. The van der Waals surface area contributed by atoms with Crippen LogP contribution >= 0.6 is 0 Å². The van der Waals surface area contributed by atoms with Gasteiger partial charge in [-0.3, -0.25) is 4.79 Å². The highest BCUT2D eigenvalue weighted by Gasteiger charge is 2.31. The van der Waals surface area contributed by atoms with Gasteiger partial charge in [-0.25, -0.2) is 4.39 Å². The van der Waals surface area contributed by atoms with E-state index in [1.807, 2.05) is 45.9 Å². The van der Waals surface area contributed by atoms with Gasteiger partial charge in [0.2, 0.25) is 0 Å². The maximum atomic E-state index is 13.5. The summed E-state index contributed by atoms with van der Waals surface area (Å²) in [7, 11) is 0. The summed E-state index contributed by atoms with van der Waals surface area (Å²) in [6.07, 6.45) is 1.84. The molecule has 1 amide bonds. The van der Waals surface area contributed by atoms with E-state index in [0.29, 0.717) is 18.8 Å². The van der Waals surface area contributed by atoms with Crippen LogP contribution in [0.5, 0.6) is 0 Å². The van der Waals surface area contributed by atoms with E-state index in [2.05, 4.69) is 6.58 Å². The number of fused-ring (bicyclic) bond motifs is 3. The monoisotopic (exact) mass is 320 g/mol. The fraction of sp³-hybridized carbons (Fsp3) is 0.150. The Hall–Kier alpha value is -2.88. The summed E-state index contributed by atoms with van der Waals surface area (Å²) in [6.45, 7) is 5.04. The van der Waals surface area contributed by atoms with E-state index in [9.17, 15) is 9.18 Å². The zero-order chi connectivity index (χ0) is 16.7. The molecule has 0 radical (unpaired) electrons. The molecule has 0 aliphatic carbocycles. The molecule has 24 heavy (non-hydrogen) atoms. The van der Waals surface area contributed by atoms with Crippen LogP contribution in [0.4, 0.5) is 4.39 Å². The Morgan fingerprint density at radius 3 is 2.71 bits per heavy atom. The number of carbonyl (C=O) groups is 1. The molecule has 3 nitrogen and oxygen atoms in total. The molecule has 3 aromatic rings. The van der Waals surface area contributed by atoms with Crippen molar-refractivity contribution in [3.63, 3.8) is 0 Å². The van der Waals surface area contributed by atoms with Crippen molar-refractivity contribution in [2.45, 2.75) is 12.6 Å². The molecule has 0 unspecified atom stereocenters. The van der Waals surface area contributed by atoms with Crippen LogP contribution in [-0.2, 0) is 6.54 Å². The minimum Gasteiger partial charge on any atom is -0.331 e. The third kappa shape index (κ3) is 2.31. The van der Waals surface area contributed by atoms with Crippen LogP contribution in [0.1, 0.15) is 22.1 Å². The minimum atomic E-state index is -0.297. The largest absolute Gasteiger partial charge is 0.331 e. The average Bonchev–Trinajstić information content (AvgIpc) is 2.97. The molecule has 0 saturated carbocycles. The number of hydrogen-bond acceptors (Lipinski definition) is 1. The lowest BCUT2D eigenvalue weighted by Crippen LogP contribution is -2.41. The van der Waals surface area contributed by atoms with Gasteiger partial charge < -0.3 is 9.47 Å². The second-order valence-electron chi connectivity index (χ2n) is 6.08.